The van der Waals surface area contributed by atoms with E-state index in [1.54, 1.807) is 0 Å². The first-order chi connectivity index (χ1) is 6.77. The molecule has 0 bridgehead atoms. The van der Waals surface area contributed by atoms with Gasteiger partial charge in [0.15, 0.2) is 0 Å². The molecule has 0 saturated heterocycles. The molecule has 14 heavy (non-hydrogen) atoms. The van der Waals surface area contributed by atoms with Gasteiger partial charge in [0.05, 0.1) is 17.2 Å². The third-order valence-corrected chi connectivity index (χ3v) is 2.78. The van der Waals surface area contributed by atoms with Crippen molar-refractivity contribution in [2.24, 2.45) is 4.99 Å². The van der Waals surface area contributed by atoms with Gasteiger partial charge in [-0.3, -0.25) is 15.1 Å². The number of nitro groups is 1. The van der Waals surface area contributed by atoms with Gasteiger partial charge in [-0.1, -0.05) is 12.8 Å². The van der Waals surface area contributed by atoms with Crippen molar-refractivity contribution in [1.82, 2.24) is 5.32 Å². The van der Waals surface area contributed by atoms with Crippen molar-refractivity contribution in [1.29, 1.82) is 0 Å². The molecule has 0 unspecified atom stereocenters. The molecule has 2 rings (SSSR count). The molecule has 2 atom stereocenters. The van der Waals surface area contributed by atoms with Gasteiger partial charge >= 0.3 is 5.70 Å². The van der Waals surface area contributed by atoms with Gasteiger partial charge in [-0.15, -0.1) is 0 Å². The molecule has 1 N–H and O–H groups in total. The highest BCUT2D eigenvalue weighted by Crippen LogP contribution is 2.22. The average molecular weight is 195 g/mol. The molecular weight excluding hydrogens is 182 g/mol. The highest BCUT2D eigenvalue weighted by Gasteiger charge is 2.26. The summed E-state index contributed by atoms with van der Waals surface area (Å²) in [5.41, 5.74) is 0.0550. The first kappa shape index (κ1) is 9.18. The fraction of sp³-hybridized carbons (Fsp3) is 0.667. The summed E-state index contributed by atoms with van der Waals surface area (Å²) in [5, 5.41) is 13.6. The van der Waals surface area contributed by atoms with Crippen molar-refractivity contribution in [3.05, 3.63) is 22.0 Å². The van der Waals surface area contributed by atoms with Crippen LogP contribution in [0.5, 0.6) is 0 Å². The van der Waals surface area contributed by atoms with Crippen LogP contribution in [0.25, 0.3) is 0 Å². The smallest absolute Gasteiger partial charge is 0.302 e. The summed E-state index contributed by atoms with van der Waals surface area (Å²) < 4.78 is 0. The van der Waals surface area contributed by atoms with Crippen LogP contribution in [0.1, 0.15) is 25.7 Å². The van der Waals surface area contributed by atoms with Crippen molar-refractivity contribution >= 4 is 6.21 Å². The highest BCUT2D eigenvalue weighted by molar-refractivity contribution is 5.75. The van der Waals surface area contributed by atoms with Crippen LogP contribution in [-0.4, -0.2) is 23.2 Å². The fourth-order valence-corrected chi connectivity index (χ4v) is 1.99. The number of nitrogens with zero attached hydrogens (tertiary/aromatic N) is 2. The molecule has 1 fully saturated rings. The first-order valence-corrected chi connectivity index (χ1v) is 4.91. The molecule has 2 aliphatic rings. The lowest BCUT2D eigenvalue weighted by atomic mass is 9.91. The fourth-order valence-electron chi connectivity index (χ4n) is 1.99. The zero-order chi connectivity index (χ0) is 9.97. The zero-order valence-electron chi connectivity index (χ0n) is 7.85. The molecule has 0 amide bonds. The minimum atomic E-state index is -0.409. The van der Waals surface area contributed by atoms with Gasteiger partial charge in [0, 0.05) is 6.04 Å². The molecule has 1 aliphatic carbocycles. The normalized spacial score (nSPS) is 31.0. The van der Waals surface area contributed by atoms with E-state index >= 15 is 0 Å². The van der Waals surface area contributed by atoms with Crippen molar-refractivity contribution in [3.8, 4) is 0 Å². The quantitative estimate of drug-likeness (QED) is 0.503. The monoisotopic (exact) mass is 195 g/mol. The van der Waals surface area contributed by atoms with Crippen LogP contribution in [0.2, 0.25) is 0 Å². The lowest BCUT2D eigenvalue weighted by Crippen LogP contribution is -2.37. The molecule has 5 heteroatoms. The summed E-state index contributed by atoms with van der Waals surface area (Å²) in [7, 11) is 0. The number of rotatable bonds is 1. The Hall–Kier alpha value is -1.39. The van der Waals surface area contributed by atoms with Crippen LogP contribution in [-0.2, 0) is 0 Å². The van der Waals surface area contributed by atoms with Gasteiger partial charge in [-0.2, -0.15) is 0 Å². The Morgan fingerprint density at radius 2 is 2.29 bits per heavy atom. The molecule has 1 saturated carbocycles. The molecular formula is C9H13N3O2. The summed E-state index contributed by atoms with van der Waals surface area (Å²) in [4.78, 5) is 14.4. The lowest BCUT2D eigenvalue weighted by Gasteiger charge is -2.27. The maximum Gasteiger partial charge on any atom is 0.302 e. The van der Waals surface area contributed by atoms with Crippen LogP contribution in [0.15, 0.2) is 16.9 Å². The Kier molecular flexibility index (Phi) is 2.47. The summed E-state index contributed by atoms with van der Waals surface area (Å²) in [6, 6.07) is 0.509. The molecule has 0 spiro atoms. The van der Waals surface area contributed by atoms with E-state index in [4.69, 9.17) is 0 Å². The summed E-state index contributed by atoms with van der Waals surface area (Å²) in [6.07, 6.45) is 7.30. The van der Waals surface area contributed by atoms with Crippen LogP contribution < -0.4 is 5.32 Å². The Balaban J connectivity index is 2.14. The predicted molar refractivity (Wildman–Crippen MR) is 52.7 cm³/mol. The number of allylic oxidation sites excluding steroid dienone is 1. The van der Waals surface area contributed by atoms with Crippen LogP contribution >= 0.6 is 0 Å². The van der Waals surface area contributed by atoms with E-state index < -0.39 is 4.92 Å². The van der Waals surface area contributed by atoms with Crippen LogP contribution in [0.4, 0.5) is 0 Å². The summed E-state index contributed by atoms with van der Waals surface area (Å²) in [6.45, 7) is 0. The Bertz CT molecular complexity index is 298. The standard InChI is InChI=1S/C9H13N3O2/c13-12(14)7-5-10-8-3-1-2-4-9(8)11-6-7/h5-6,8-10H,1-4H2/t8-,9+/m1/s1. The van der Waals surface area contributed by atoms with E-state index in [9.17, 15) is 10.1 Å². The number of hydrogen-bond acceptors (Lipinski definition) is 4. The molecule has 76 valence electrons. The molecule has 5 nitrogen and oxygen atoms in total. The van der Waals surface area contributed by atoms with Crippen molar-refractivity contribution in [2.75, 3.05) is 0 Å². The van der Waals surface area contributed by atoms with E-state index in [0.29, 0.717) is 0 Å². The minimum Gasteiger partial charge on any atom is -0.380 e. The predicted octanol–water partition coefficient (Wildman–Crippen LogP) is 1.09. The second-order valence-corrected chi connectivity index (χ2v) is 3.73. The molecule has 0 radical (unpaired) electrons. The van der Waals surface area contributed by atoms with Gasteiger partial charge in [0.1, 0.15) is 6.21 Å². The maximum atomic E-state index is 10.5. The molecule has 1 heterocycles. The second kappa shape index (κ2) is 3.77. The number of aliphatic imine (C=N–C) groups is 1. The molecule has 0 aromatic rings. The van der Waals surface area contributed by atoms with Gasteiger partial charge in [-0.05, 0) is 12.8 Å². The maximum absolute atomic E-state index is 10.5. The van der Waals surface area contributed by atoms with Crippen LogP contribution in [0, 0.1) is 10.1 Å². The van der Waals surface area contributed by atoms with Crippen molar-refractivity contribution in [3.63, 3.8) is 0 Å². The Morgan fingerprint density at radius 3 is 3.07 bits per heavy atom. The third kappa shape index (κ3) is 1.76. The van der Waals surface area contributed by atoms with E-state index in [2.05, 4.69) is 10.3 Å². The third-order valence-electron chi connectivity index (χ3n) is 2.78. The number of nitrogens with one attached hydrogen (secondary N) is 1. The Labute approximate surface area is 82.1 Å². The van der Waals surface area contributed by atoms with E-state index in [1.165, 1.54) is 25.3 Å². The van der Waals surface area contributed by atoms with E-state index in [0.717, 1.165) is 12.8 Å². The molecule has 0 aromatic carbocycles. The largest absolute Gasteiger partial charge is 0.380 e. The van der Waals surface area contributed by atoms with Gasteiger partial charge in [-0.25, -0.2) is 0 Å². The molecule has 1 aliphatic heterocycles. The number of hydrogen-bond donors (Lipinski definition) is 1. The van der Waals surface area contributed by atoms with Crippen molar-refractivity contribution < 1.29 is 4.92 Å². The van der Waals surface area contributed by atoms with Gasteiger partial charge in [0.2, 0.25) is 0 Å². The Morgan fingerprint density at radius 1 is 1.50 bits per heavy atom. The second-order valence-electron chi connectivity index (χ2n) is 3.73. The van der Waals surface area contributed by atoms with E-state index in [1.807, 2.05) is 0 Å². The van der Waals surface area contributed by atoms with E-state index in [-0.39, 0.29) is 17.8 Å². The molecule has 0 aromatic heterocycles. The van der Waals surface area contributed by atoms with Crippen LogP contribution in [0.3, 0.4) is 0 Å². The summed E-state index contributed by atoms with van der Waals surface area (Å²) >= 11 is 0. The van der Waals surface area contributed by atoms with Gasteiger partial charge in [0.25, 0.3) is 0 Å². The average Bonchev–Trinajstić information content (AvgIpc) is 2.39. The van der Waals surface area contributed by atoms with Crippen molar-refractivity contribution in [2.45, 2.75) is 37.8 Å². The highest BCUT2D eigenvalue weighted by atomic mass is 16.6. The minimum absolute atomic E-state index is 0.0550. The topological polar surface area (TPSA) is 67.5 Å². The SMILES string of the molecule is O=[N+]([O-])C1=CN[C@@H]2CCCC[C@@H]2N=C1. The van der Waals surface area contributed by atoms with Gasteiger partial charge < -0.3 is 5.32 Å². The number of fused-ring (bicyclic) bond motifs is 1. The summed E-state index contributed by atoms with van der Waals surface area (Å²) in [5.74, 6) is 0. The lowest BCUT2D eigenvalue weighted by molar-refractivity contribution is -0.414. The first-order valence-electron chi connectivity index (χ1n) is 4.91. The zero-order valence-corrected chi connectivity index (χ0v) is 7.85.